The summed E-state index contributed by atoms with van der Waals surface area (Å²) in [6, 6.07) is 0. The molecular weight excluding hydrogens is 921 g/mol. The summed E-state index contributed by atoms with van der Waals surface area (Å²) in [5, 5.41) is 55.7. The Bertz CT molecular complexity index is 2140. The van der Waals surface area contributed by atoms with Crippen LogP contribution in [0.1, 0.15) is 153 Å². The highest BCUT2D eigenvalue weighted by Crippen LogP contribution is 2.76. The SMILES string of the molecule is C=CC(C)(O)CC/C=C(\C)C(=O)OC1C(C)OC(O[C@](C)(C=C)CC/C=C(\CO)C(=O)OC2CC3(C(=O)OC)C(O)CC4(C)C(=CCC5C6(C)CCC(OC)C(C)(C)C6CCC54C)C3CC2(C)C)C(O)C1O. The molecule has 6 rings (SSSR count). The van der Waals surface area contributed by atoms with Crippen molar-refractivity contribution in [2.45, 2.75) is 213 Å². The first-order valence-corrected chi connectivity index (χ1v) is 26.5. The minimum Gasteiger partial charge on any atom is -0.468 e. The lowest BCUT2D eigenvalue weighted by molar-refractivity contribution is -0.314. The monoisotopic (exact) mass is 1010 g/mol. The Morgan fingerprint density at radius 1 is 0.847 bits per heavy atom. The Kier molecular flexibility index (Phi) is 17.0. The predicted octanol–water partition coefficient (Wildman–Crippen LogP) is 8.17. The van der Waals surface area contributed by atoms with Crippen LogP contribution < -0.4 is 0 Å². The van der Waals surface area contributed by atoms with E-state index in [-0.39, 0.29) is 58.7 Å². The van der Waals surface area contributed by atoms with Gasteiger partial charge >= 0.3 is 17.9 Å². The summed E-state index contributed by atoms with van der Waals surface area (Å²) in [6.07, 6.45) is 7.35. The number of hydrogen-bond acceptors (Lipinski definition) is 14. The molecule has 0 spiro atoms. The quantitative estimate of drug-likeness (QED) is 0.0403. The van der Waals surface area contributed by atoms with Crippen molar-refractivity contribution in [3.05, 3.63) is 60.3 Å². The number of hydrogen-bond donors (Lipinski definition) is 5. The summed E-state index contributed by atoms with van der Waals surface area (Å²) in [4.78, 5) is 41.4. The zero-order chi connectivity index (χ0) is 53.8. The van der Waals surface area contributed by atoms with Gasteiger partial charge in [-0.2, -0.15) is 0 Å². The molecule has 0 radical (unpaired) electrons. The third kappa shape index (κ3) is 10.1. The number of allylic oxidation sites excluding steroid dienone is 4. The Labute approximate surface area is 429 Å². The van der Waals surface area contributed by atoms with Crippen molar-refractivity contribution in [3.8, 4) is 0 Å². The Balaban J connectivity index is 1.14. The molecule has 72 heavy (non-hydrogen) atoms. The van der Waals surface area contributed by atoms with Gasteiger partial charge in [-0.15, -0.1) is 13.2 Å². The van der Waals surface area contributed by atoms with E-state index in [0.29, 0.717) is 37.5 Å². The maximum Gasteiger partial charge on any atom is 0.336 e. The standard InChI is InChI=1S/C58H90O14/c1-16-53(9,66)26-18-20-34(3)47(63)71-46-35(4)69-49(45(62)44(46)61)72-54(10,17-2)27-19-21-36(33-59)48(64)70-43-32-58(50(65)68-15)38(30-51(43,5)6)37-22-23-40-55(11)28-25-42(67-14)52(7,8)39(55)24-29-56(40,12)57(37,13)31-41(58)60/h16-17,20-22,35,38-46,49,59-62,66H,1-2,18-19,23-33H2,3-15H3/b34-20+,36-21+/t35?,38?,39?,40?,41?,42?,43?,44?,45?,46?,49?,53?,54-,55?,56?,57?,58?/m1/s1. The van der Waals surface area contributed by atoms with Crippen LogP contribution in [0.2, 0.25) is 0 Å². The van der Waals surface area contributed by atoms with Gasteiger partial charge in [-0.1, -0.05) is 84.4 Å². The number of fused-ring (bicyclic) bond motifs is 7. The van der Waals surface area contributed by atoms with Crippen LogP contribution in [-0.4, -0.2) is 124 Å². The Hall–Kier alpha value is -3.21. The molecule has 0 aromatic rings. The van der Waals surface area contributed by atoms with Gasteiger partial charge in [0.05, 0.1) is 48.8 Å². The lowest BCUT2D eigenvalue weighted by Gasteiger charge is -2.72. The number of carbonyl (C=O) groups excluding carboxylic acids is 3. The highest BCUT2D eigenvalue weighted by molar-refractivity contribution is 5.89. The molecule has 406 valence electrons. The van der Waals surface area contributed by atoms with Crippen molar-refractivity contribution in [2.24, 2.45) is 50.2 Å². The largest absolute Gasteiger partial charge is 0.468 e. The molecule has 0 aromatic carbocycles. The van der Waals surface area contributed by atoms with E-state index in [2.05, 4.69) is 53.9 Å². The van der Waals surface area contributed by atoms with Crippen LogP contribution in [0.3, 0.4) is 0 Å². The zero-order valence-electron chi connectivity index (χ0n) is 45.8. The van der Waals surface area contributed by atoms with Crippen molar-refractivity contribution >= 4 is 17.9 Å². The second-order valence-electron chi connectivity index (χ2n) is 25.1. The van der Waals surface area contributed by atoms with Crippen molar-refractivity contribution in [2.75, 3.05) is 20.8 Å². The molecule has 17 atom stereocenters. The molecule has 16 unspecified atom stereocenters. The molecule has 0 aromatic heterocycles. The average Bonchev–Trinajstić information content (AvgIpc) is 3.31. The van der Waals surface area contributed by atoms with Gasteiger partial charge in [-0.3, -0.25) is 4.79 Å². The fourth-order valence-electron chi connectivity index (χ4n) is 15.1. The van der Waals surface area contributed by atoms with E-state index in [1.165, 1.54) is 24.8 Å². The van der Waals surface area contributed by atoms with Gasteiger partial charge in [0.25, 0.3) is 0 Å². The fraction of sp³-hybridized carbons (Fsp3) is 0.776. The molecule has 14 nitrogen and oxygen atoms in total. The second-order valence-corrected chi connectivity index (χ2v) is 25.1. The van der Waals surface area contributed by atoms with Crippen molar-refractivity contribution < 1.29 is 68.3 Å². The molecule has 14 heteroatoms. The van der Waals surface area contributed by atoms with Crippen LogP contribution in [0.15, 0.2) is 60.3 Å². The van der Waals surface area contributed by atoms with E-state index in [1.807, 2.05) is 21.0 Å². The number of ether oxygens (including phenoxy) is 6. The topological polar surface area (TPSA) is 208 Å². The molecule has 5 aliphatic carbocycles. The number of rotatable bonds is 17. The van der Waals surface area contributed by atoms with Crippen molar-refractivity contribution in [1.82, 2.24) is 0 Å². The maximum atomic E-state index is 14.4. The summed E-state index contributed by atoms with van der Waals surface area (Å²) in [7, 11) is 3.20. The lowest BCUT2D eigenvalue weighted by Crippen LogP contribution is -2.68. The molecule has 0 bridgehead atoms. The molecule has 4 saturated carbocycles. The first-order chi connectivity index (χ1) is 33.4. The maximum absolute atomic E-state index is 14.4. The first-order valence-electron chi connectivity index (χ1n) is 26.5. The Morgan fingerprint density at radius 3 is 2.12 bits per heavy atom. The van der Waals surface area contributed by atoms with E-state index in [4.69, 9.17) is 28.4 Å². The van der Waals surface area contributed by atoms with Gasteiger partial charge in [-0.25, -0.2) is 9.59 Å². The van der Waals surface area contributed by atoms with Crippen LogP contribution in [0.5, 0.6) is 0 Å². The summed E-state index contributed by atoms with van der Waals surface area (Å²) in [5.41, 5.74) is -3.21. The van der Waals surface area contributed by atoms with E-state index in [9.17, 15) is 39.9 Å². The van der Waals surface area contributed by atoms with E-state index in [0.717, 1.165) is 32.1 Å². The number of aliphatic hydroxyl groups is 5. The molecule has 0 amide bonds. The van der Waals surface area contributed by atoms with Gasteiger partial charge in [0.15, 0.2) is 12.4 Å². The molecule has 1 aliphatic heterocycles. The molecule has 1 heterocycles. The molecule has 5 fully saturated rings. The van der Waals surface area contributed by atoms with E-state index < -0.39 is 94.9 Å². The fourth-order valence-corrected chi connectivity index (χ4v) is 15.1. The van der Waals surface area contributed by atoms with Gasteiger partial charge in [-0.05, 0) is 138 Å². The van der Waals surface area contributed by atoms with E-state index in [1.54, 1.807) is 39.8 Å². The summed E-state index contributed by atoms with van der Waals surface area (Å²) in [6.45, 7) is 29.5. The second kappa shape index (κ2) is 21.1. The van der Waals surface area contributed by atoms with E-state index >= 15 is 0 Å². The minimum absolute atomic E-state index is 0.00191. The van der Waals surface area contributed by atoms with Gasteiger partial charge in [0, 0.05) is 24.5 Å². The van der Waals surface area contributed by atoms with Gasteiger partial charge in [0.2, 0.25) is 0 Å². The van der Waals surface area contributed by atoms with Crippen LogP contribution in [0.25, 0.3) is 0 Å². The molecule has 1 saturated heterocycles. The van der Waals surface area contributed by atoms with Crippen LogP contribution in [0.4, 0.5) is 0 Å². The van der Waals surface area contributed by atoms with Crippen LogP contribution in [0, 0.1) is 50.2 Å². The Morgan fingerprint density at radius 2 is 1.51 bits per heavy atom. The smallest absolute Gasteiger partial charge is 0.336 e. The molecule has 6 aliphatic rings. The van der Waals surface area contributed by atoms with Crippen molar-refractivity contribution in [1.29, 1.82) is 0 Å². The number of methoxy groups -OCH3 is 2. The number of esters is 3. The van der Waals surface area contributed by atoms with Crippen LogP contribution >= 0.6 is 0 Å². The zero-order valence-corrected chi connectivity index (χ0v) is 45.8. The minimum atomic E-state index is -1.61. The third-order valence-corrected chi connectivity index (χ3v) is 20.0. The lowest BCUT2D eigenvalue weighted by atomic mass is 9.33. The first kappa shape index (κ1) is 58.1. The van der Waals surface area contributed by atoms with Crippen molar-refractivity contribution in [3.63, 3.8) is 0 Å². The van der Waals surface area contributed by atoms with Crippen LogP contribution in [-0.2, 0) is 42.8 Å². The highest BCUT2D eigenvalue weighted by Gasteiger charge is 2.72. The summed E-state index contributed by atoms with van der Waals surface area (Å²) < 4.78 is 35.7. The van der Waals surface area contributed by atoms with Gasteiger partial charge < -0.3 is 54.0 Å². The summed E-state index contributed by atoms with van der Waals surface area (Å²) >= 11 is 0. The normalized spacial score (nSPS) is 41.0. The summed E-state index contributed by atoms with van der Waals surface area (Å²) in [5.74, 6) is -1.44. The van der Waals surface area contributed by atoms with Gasteiger partial charge in [0.1, 0.15) is 23.7 Å². The predicted molar refractivity (Wildman–Crippen MR) is 273 cm³/mol. The average molecular weight is 1010 g/mol. The number of aliphatic hydroxyl groups excluding tert-OH is 4. The number of carbonyl (C=O) groups is 3. The molecular formula is C58H90O14. The molecule has 5 N–H and O–H groups in total. The highest BCUT2D eigenvalue weighted by atomic mass is 16.7. The third-order valence-electron chi connectivity index (χ3n) is 20.0.